The number of aromatic nitrogens is 1. The lowest BCUT2D eigenvalue weighted by Gasteiger charge is -2.17. The van der Waals surface area contributed by atoms with Crippen LogP contribution in [0.15, 0.2) is 59.1 Å². The highest BCUT2D eigenvalue weighted by molar-refractivity contribution is 5.97. The molecular weight excluding hydrogens is 378 g/mol. The van der Waals surface area contributed by atoms with Gasteiger partial charge in [-0.15, -0.1) is 0 Å². The van der Waals surface area contributed by atoms with Crippen LogP contribution in [0.25, 0.3) is 0 Å². The predicted octanol–water partition coefficient (Wildman–Crippen LogP) is 3.87. The summed E-state index contributed by atoms with van der Waals surface area (Å²) in [5.74, 6) is 1.20. The first-order chi connectivity index (χ1) is 14.6. The lowest BCUT2D eigenvalue weighted by atomic mass is 10.1. The molecular formula is C24H27N3O3. The Morgan fingerprint density at radius 1 is 1.17 bits per heavy atom. The topological polar surface area (TPSA) is 67.6 Å². The minimum absolute atomic E-state index is 0.101. The maximum absolute atomic E-state index is 12.9. The van der Waals surface area contributed by atoms with Gasteiger partial charge >= 0.3 is 0 Å². The third-order valence-electron chi connectivity index (χ3n) is 5.54. The van der Waals surface area contributed by atoms with E-state index in [0.29, 0.717) is 17.9 Å². The minimum Gasteiger partial charge on any atom is -0.488 e. The van der Waals surface area contributed by atoms with Crippen LogP contribution in [-0.2, 0) is 13.2 Å². The number of rotatable bonds is 7. The second-order valence-electron chi connectivity index (χ2n) is 7.77. The van der Waals surface area contributed by atoms with E-state index in [2.05, 4.69) is 39.6 Å². The molecule has 1 saturated heterocycles. The predicted molar refractivity (Wildman–Crippen MR) is 114 cm³/mol. The van der Waals surface area contributed by atoms with Crippen molar-refractivity contribution in [2.24, 2.45) is 0 Å². The van der Waals surface area contributed by atoms with E-state index >= 15 is 0 Å². The van der Waals surface area contributed by atoms with Crippen molar-refractivity contribution < 1.29 is 14.1 Å². The average molecular weight is 405 g/mol. The summed E-state index contributed by atoms with van der Waals surface area (Å²) in [7, 11) is 0. The molecule has 0 radical (unpaired) electrons. The Bertz CT molecular complexity index is 980. The Morgan fingerprint density at radius 2 is 1.93 bits per heavy atom. The molecule has 1 amide bonds. The molecule has 6 heteroatoms. The van der Waals surface area contributed by atoms with E-state index in [0.717, 1.165) is 43.1 Å². The van der Waals surface area contributed by atoms with E-state index in [1.165, 1.54) is 5.56 Å². The number of hydrogen-bond donors (Lipinski definition) is 1. The van der Waals surface area contributed by atoms with Gasteiger partial charge in [-0.05, 0) is 38.0 Å². The molecule has 1 aliphatic rings. The molecule has 1 aliphatic heterocycles. The number of nitrogens with one attached hydrogen (secondary N) is 1. The molecule has 156 valence electrons. The molecule has 1 aromatic heterocycles. The van der Waals surface area contributed by atoms with Gasteiger partial charge < -0.3 is 14.6 Å². The molecule has 1 unspecified atom stereocenters. The number of carbonyl (C=O) groups is 1. The molecule has 4 rings (SSSR count). The molecule has 3 aromatic rings. The Labute approximate surface area is 176 Å². The van der Waals surface area contributed by atoms with Gasteiger partial charge in [0.1, 0.15) is 18.1 Å². The van der Waals surface area contributed by atoms with Gasteiger partial charge in [-0.25, -0.2) is 0 Å². The molecule has 0 bridgehead atoms. The van der Waals surface area contributed by atoms with Crippen LogP contribution in [0.4, 0.5) is 0 Å². The summed E-state index contributed by atoms with van der Waals surface area (Å²) < 4.78 is 11.1. The number of ether oxygens (including phenoxy) is 1. The molecule has 0 saturated carbocycles. The third kappa shape index (κ3) is 4.71. The fraction of sp³-hybridized carbons (Fsp3) is 0.333. The van der Waals surface area contributed by atoms with E-state index < -0.39 is 0 Å². The van der Waals surface area contributed by atoms with Gasteiger partial charge in [0, 0.05) is 25.7 Å². The van der Waals surface area contributed by atoms with Crippen LogP contribution in [0, 0.1) is 13.8 Å². The summed E-state index contributed by atoms with van der Waals surface area (Å²) in [4.78, 5) is 15.3. The molecule has 1 N–H and O–H groups in total. The standard InChI is InChI=1S/C24H27N3O3/c1-17-22(18(2)30-26-17)16-29-23-11-7-6-10-21(23)24(28)25-20-12-13-27(15-20)14-19-8-4-3-5-9-19/h3-11,20H,12-16H2,1-2H3,(H,25,28). The van der Waals surface area contributed by atoms with Crippen LogP contribution in [-0.4, -0.2) is 35.1 Å². The first-order valence-electron chi connectivity index (χ1n) is 10.3. The molecule has 0 spiro atoms. The maximum atomic E-state index is 12.9. The number of nitrogens with zero attached hydrogens (tertiary/aromatic N) is 2. The molecule has 2 aromatic carbocycles. The number of hydrogen-bond acceptors (Lipinski definition) is 5. The second kappa shape index (κ2) is 9.13. The maximum Gasteiger partial charge on any atom is 0.255 e. The van der Waals surface area contributed by atoms with E-state index in [-0.39, 0.29) is 11.9 Å². The molecule has 2 heterocycles. The highest BCUT2D eigenvalue weighted by Crippen LogP contribution is 2.22. The number of para-hydroxylation sites is 1. The van der Waals surface area contributed by atoms with Crippen molar-refractivity contribution in [2.75, 3.05) is 13.1 Å². The molecule has 6 nitrogen and oxygen atoms in total. The van der Waals surface area contributed by atoms with Crippen LogP contribution in [0.3, 0.4) is 0 Å². The number of benzene rings is 2. The lowest BCUT2D eigenvalue weighted by molar-refractivity contribution is 0.0933. The zero-order chi connectivity index (χ0) is 20.9. The van der Waals surface area contributed by atoms with Crippen LogP contribution >= 0.6 is 0 Å². The molecule has 0 aliphatic carbocycles. The summed E-state index contributed by atoms with van der Waals surface area (Å²) >= 11 is 0. The second-order valence-corrected chi connectivity index (χ2v) is 7.77. The van der Waals surface area contributed by atoms with Crippen molar-refractivity contribution in [1.82, 2.24) is 15.4 Å². The Morgan fingerprint density at radius 3 is 2.70 bits per heavy atom. The highest BCUT2D eigenvalue weighted by atomic mass is 16.5. The van der Waals surface area contributed by atoms with E-state index in [1.807, 2.05) is 38.1 Å². The van der Waals surface area contributed by atoms with E-state index in [9.17, 15) is 4.79 Å². The van der Waals surface area contributed by atoms with Gasteiger partial charge in [0.25, 0.3) is 5.91 Å². The van der Waals surface area contributed by atoms with Crippen molar-refractivity contribution in [1.29, 1.82) is 0 Å². The van der Waals surface area contributed by atoms with Crippen molar-refractivity contribution in [3.63, 3.8) is 0 Å². The van der Waals surface area contributed by atoms with Gasteiger partial charge in [-0.1, -0.05) is 47.6 Å². The van der Waals surface area contributed by atoms with Crippen LogP contribution in [0.5, 0.6) is 5.75 Å². The van der Waals surface area contributed by atoms with Crippen molar-refractivity contribution in [3.05, 3.63) is 82.7 Å². The van der Waals surface area contributed by atoms with Crippen LogP contribution in [0.2, 0.25) is 0 Å². The Hall–Kier alpha value is -3.12. The number of likely N-dealkylation sites (tertiary alicyclic amines) is 1. The zero-order valence-electron chi connectivity index (χ0n) is 17.4. The van der Waals surface area contributed by atoms with Gasteiger partial charge in [0.2, 0.25) is 0 Å². The van der Waals surface area contributed by atoms with Crippen molar-refractivity contribution in [2.45, 2.75) is 39.5 Å². The first-order valence-corrected chi connectivity index (χ1v) is 10.3. The smallest absolute Gasteiger partial charge is 0.255 e. The fourth-order valence-corrected chi connectivity index (χ4v) is 3.84. The average Bonchev–Trinajstić information content (AvgIpc) is 3.33. The summed E-state index contributed by atoms with van der Waals surface area (Å²) in [6.07, 6.45) is 0.945. The normalized spacial score (nSPS) is 16.5. The van der Waals surface area contributed by atoms with Crippen molar-refractivity contribution >= 4 is 5.91 Å². The van der Waals surface area contributed by atoms with Crippen LogP contribution < -0.4 is 10.1 Å². The first kappa shape index (κ1) is 20.2. The molecule has 30 heavy (non-hydrogen) atoms. The fourth-order valence-electron chi connectivity index (χ4n) is 3.84. The summed E-state index contributed by atoms with van der Waals surface area (Å²) in [5.41, 5.74) is 3.56. The summed E-state index contributed by atoms with van der Waals surface area (Å²) in [6.45, 7) is 6.80. The largest absolute Gasteiger partial charge is 0.488 e. The molecule has 1 fully saturated rings. The number of carbonyl (C=O) groups excluding carboxylic acids is 1. The quantitative estimate of drug-likeness (QED) is 0.646. The molecule has 1 atom stereocenters. The SMILES string of the molecule is Cc1noc(C)c1COc1ccccc1C(=O)NC1CCN(Cc2ccccc2)C1. The van der Waals surface area contributed by atoms with Gasteiger partial charge in [-0.3, -0.25) is 9.69 Å². The monoisotopic (exact) mass is 405 g/mol. The number of amides is 1. The summed E-state index contributed by atoms with van der Waals surface area (Å²) in [5, 5.41) is 7.13. The third-order valence-corrected chi connectivity index (χ3v) is 5.54. The van der Waals surface area contributed by atoms with Gasteiger partial charge in [0.15, 0.2) is 0 Å². The summed E-state index contributed by atoms with van der Waals surface area (Å²) in [6, 6.07) is 17.9. The number of aryl methyl sites for hydroxylation is 2. The van der Waals surface area contributed by atoms with Gasteiger partial charge in [0.05, 0.1) is 16.8 Å². The van der Waals surface area contributed by atoms with E-state index in [1.54, 1.807) is 6.07 Å². The van der Waals surface area contributed by atoms with Crippen molar-refractivity contribution in [3.8, 4) is 5.75 Å². The van der Waals surface area contributed by atoms with Gasteiger partial charge in [-0.2, -0.15) is 0 Å². The minimum atomic E-state index is -0.101. The highest BCUT2D eigenvalue weighted by Gasteiger charge is 2.25. The zero-order valence-corrected chi connectivity index (χ0v) is 17.4. The van der Waals surface area contributed by atoms with Crippen LogP contribution in [0.1, 0.15) is 39.4 Å². The Kier molecular flexibility index (Phi) is 6.14. The Balaban J connectivity index is 1.36. The van der Waals surface area contributed by atoms with E-state index in [4.69, 9.17) is 9.26 Å². The lowest BCUT2D eigenvalue weighted by Crippen LogP contribution is -2.37.